The normalized spacial score (nSPS) is 12.9. The van der Waals surface area contributed by atoms with Crippen molar-refractivity contribution < 1.29 is 9.66 Å². The molecule has 0 spiro atoms. The van der Waals surface area contributed by atoms with Gasteiger partial charge in [0.1, 0.15) is 12.1 Å². The molecule has 0 aliphatic carbocycles. The molecule has 2 heterocycles. The van der Waals surface area contributed by atoms with Crippen LogP contribution in [-0.2, 0) is 6.42 Å². The molecule has 0 fully saturated rings. The van der Waals surface area contributed by atoms with Gasteiger partial charge in [0.2, 0.25) is 5.15 Å². The van der Waals surface area contributed by atoms with Crippen LogP contribution in [0, 0.1) is 10.1 Å². The fraction of sp³-hybridized carbons (Fsp3) is 0.167. The summed E-state index contributed by atoms with van der Waals surface area (Å²) in [5.74, 6) is 0.639. The maximum atomic E-state index is 11.1. The van der Waals surface area contributed by atoms with Crippen molar-refractivity contribution in [2.75, 3.05) is 6.61 Å². The lowest BCUT2D eigenvalue weighted by molar-refractivity contribution is -0.384. The molecule has 7 heteroatoms. The second-order valence-corrected chi connectivity index (χ2v) is 4.37. The van der Waals surface area contributed by atoms with Crippen LogP contribution in [0.4, 0.5) is 5.69 Å². The van der Waals surface area contributed by atoms with Crippen molar-refractivity contribution in [1.82, 2.24) is 9.97 Å². The van der Waals surface area contributed by atoms with Crippen LogP contribution in [0.3, 0.4) is 0 Å². The Bertz CT molecular complexity index is 675. The summed E-state index contributed by atoms with van der Waals surface area (Å²) in [6, 6.07) is 5.48. The zero-order valence-corrected chi connectivity index (χ0v) is 10.4. The van der Waals surface area contributed by atoms with Gasteiger partial charge in [0.05, 0.1) is 11.5 Å². The highest BCUT2D eigenvalue weighted by atomic mass is 35.5. The number of para-hydroxylation sites is 1. The van der Waals surface area contributed by atoms with Crippen LogP contribution in [-0.4, -0.2) is 21.5 Å². The number of rotatable bonds is 2. The minimum Gasteiger partial charge on any atom is -0.492 e. The highest BCUT2D eigenvalue weighted by Crippen LogP contribution is 2.40. The summed E-state index contributed by atoms with van der Waals surface area (Å²) in [6.45, 7) is 0.568. The monoisotopic (exact) mass is 277 g/mol. The lowest BCUT2D eigenvalue weighted by Crippen LogP contribution is -1.99. The lowest BCUT2D eigenvalue weighted by Gasteiger charge is -2.07. The lowest BCUT2D eigenvalue weighted by atomic mass is 10.0. The summed E-state index contributed by atoms with van der Waals surface area (Å²) in [5.41, 5.74) is 1.48. The Hall–Kier alpha value is -2.21. The first-order valence-corrected chi connectivity index (χ1v) is 5.96. The number of aromatic nitrogens is 2. The van der Waals surface area contributed by atoms with Crippen LogP contribution in [0.15, 0.2) is 24.5 Å². The molecule has 1 aromatic carbocycles. The van der Waals surface area contributed by atoms with Gasteiger partial charge in [-0.15, -0.1) is 0 Å². The van der Waals surface area contributed by atoms with Gasteiger partial charge in [0.15, 0.2) is 5.69 Å². The number of ether oxygens (including phenoxy) is 1. The van der Waals surface area contributed by atoms with Gasteiger partial charge in [0, 0.05) is 12.0 Å². The maximum absolute atomic E-state index is 11.1. The zero-order chi connectivity index (χ0) is 13.4. The maximum Gasteiger partial charge on any atom is 0.332 e. The number of hydrogen-bond donors (Lipinski definition) is 0. The largest absolute Gasteiger partial charge is 0.492 e. The Morgan fingerprint density at radius 3 is 3.00 bits per heavy atom. The first-order valence-electron chi connectivity index (χ1n) is 5.58. The Morgan fingerprint density at radius 2 is 2.21 bits per heavy atom. The van der Waals surface area contributed by atoms with Gasteiger partial charge in [-0.25, -0.2) is 9.97 Å². The van der Waals surface area contributed by atoms with Crippen molar-refractivity contribution >= 4 is 17.3 Å². The molecular weight excluding hydrogens is 270 g/mol. The van der Waals surface area contributed by atoms with E-state index in [0.717, 1.165) is 12.0 Å². The number of halogens is 1. The smallest absolute Gasteiger partial charge is 0.332 e. The Balaban J connectivity index is 2.27. The van der Waals surface area contributed by atoms with Gasteiger partial charge in [-0.05, 0) is 11.6 Å². The third-order valence-electron chi connectivity index (χ3n) is 2.93. The van der Waals surface area contributed by atoms with Crippen LogP contribution in [0.1, 0.15) is 5.56 Å². The molecule has 1 aromatic heterocycles. The van der Waals surface area contributed by atoms with E-state index in [1.165, 1.54) is 6.33 Å². The molecule has 0 radical (unpaired) electrons. The number of fused-ring (bicyclic) bond motifs is 1. The van der Waals surface area contributed by atoms with E-state index in [0.29, 0.717) is 17.9 Å². The molecule has 0 saturated heterocycles. The molecule has 0 bridgehead atoms. The third kappa shape index (κ3) is 1.90. The summed E-state index contributed by atoms with van der Waals surface area (Å²) in [5, 5.41) is 10.9. The van der Waals surface area contributed by atoms with Crippen LogP contribution in [0.2, 0.25) is 5.15 Å². The van der Waals surface area contributed by atoms with Crippen LogP contribution < -0.4 is 4.74 Å². The van der Waals surface area contributed by atoms with Gasteiger partial charge >= 0.3 is 5.69 Å². The molecule has 1 aliphatic heterocycles. The number of benzene rings is 1. The Labute approximate surface area is 113 Å². The van der Waals surface area contributed by atoms with Crippen molar-refractivity contribution in [3.8, 4) is 17.0 Å². The van der Waals surface area contributed by atoms with Gasteiger partial charge in [-0.3, -0.25) is 10.1 Å². The second kappa shape index (κ2) is 4.47. The topological polar surface area (TPSA) is 78.2 Å². The van der Waals surface area contributed by atoms with E-state index in [-0.39, 0.29) is 16.5 Å². The van der Waals surface area contributed by atoms with E-state index < -0.39 is 4.92 Å². The van der Waals surface area contributed by atoms with E-state index in [2.05, 4.69) is 9.97 Å². The fourth-order valence-corrected chi connectivity index (χ4v) is 2.32. The quantitative estimate of drug-likeness (QED) is 0.479. The van der Waals surface area contributed by atoms with Gasteiger partial charge < -0.3 is 4.74 Å². The third-order valence-corrected chi connectivity index (χ3v) is 3.21. The van der Waals surface area contributed by atoms with E-state index >= 15 is 0 Å². The van der Waals surface area contributed by atoms with Crippen molar-refractivity contribution in [3.63, 3.8) is 0 Å². The fourth-order valence-electron chi connectivity index (χ4n) is 2.12. The first-order chi connectivity index (χ1) is 9.18. The van der Waals surface area contributed by atoms with Crippen LogP contribution in [0.25, 0.3) is 11.3 Å². The molecule has 0 atom stereocenters. The average Bonchev–Trinajstić information content (AvgIpc) is 2.85. The van der Waals surface area contributed by atoms with E-state index in [9.17, 15) is 10.1 Å². The van der Waals surface area contributed by atoms with Crippen molar-refractivity contribution in [1.29, 1.82) is 0 Å². The molecule has 2 aromatic rings. The molecule has 3 rings (SSSR count). The Kier molecular flexibility index (Phi) is 2.79. The SMILES string of the molecule is O=[N+]([O-])c1c(Cl)ncnc1-c1cccc2c1OCC2. The zero-order valence-electron chi connectivity index (χ0n) is 9.67. The summed E-state index contributed by atoms with van der Waals surface area (Å²) < 4.78 is 5.53. The van der Waals surface area contributed by atoms with E-state index in [1.54, 1.807) is 6.07 Å². The molecule has 6 nitrogen and oxygen atoms in total. The molecule has 96 valence electrons. The molecule has 0 unspecified atom stereocenters. The average molecular weight is 278 g/mol. The molecule has 0 saturated carbocycles. The molecule has 1 aliphatic rings. The number of nitro groups is 1. The van der Waals surface area contributed by atoms with Crippen LogP contribution in [0.5, 0.6) is 5.75 Å². The minimum atomic E-state index is -0.577. The Morgan fingerprint density at radius 1 is 1.37 bits per heavy atom. The molecule has 0 amide bonds. The van der Waals surface area contributed by atoms with E-state index in [4.69, 9.17) is 16.3 Å². The van der Waals surface area contributed by atoms with Gasteiger partial charge in [0.25, 0.3) is 0 Å². The van der Waals surface area contributed by atoms with Crippen molar-refractivity contribution in [2.45, 2.75) is 6.42 Å². The predicted molar refractivity (Wildman–Crippen MR) is 68.3 cm³/mol. The standard InChI is InChI=1S/C12H8ClN3O3/c13-12-10(16(17)18)9(14-6-15-12)8-3-1-2-7-4-5-19-11(7)8/h1-3,6H,4-5H2. The van der Waals surface area contributed by atoms with Gasteiger partial charge in [-0.1, -0.05) is 23.7 Å². The second-order valence-electron chi connectivity index (χ2n) is 4.01. The molecular formula is C12H8ClN3O3. The minimum absolute atomic E-state index is 0.175. The van der Waals surface area contributed by atoms with Crippen molar-refractivity contribution in [2.24, 2.45) is 0 Å². The summed E-state index contributed by atoms with van der Waals surface area (Å²) in [7, 11) is 0. The highest BCUT2D eigenvalue weighted by Gasteiger charge is 2.27. The molecule has 0 N–H and O–H groups in total. The predicted octanol–water partition coefficient (Wildman–Crippen LogP) is 2.64. The highest BCUT2D eigenvalue weighted by molar-refractivity contribution is 6.31. The molecule has 19 heavy (non-hydrogen) atoms. The van der Waals surface area contributed by atoms with Crippen molar-refractivity contribution in [3.05, 3.63) is 45.4 Å². The first kappa shape index (κ1) is 11.9. The summed E-state index contributed by atoms with van der Waals surface area (Å²) >= 11 is 5.79. The summed E-state index contributed by atoms with van der Waals surface area (Å²) in [4.78, 5) is 18.2. The van der Waals surface area contributed by atoms with Crippen LogP contribution >= 0.6 is 11.6 Å². The van der Waals surface area contributed by atoms with E-state index in [1.807, 2.05) is 12.1 Å². The number of nitrogens with zero attached hydrogens (tertiary/aromatic N) is 3. The number of hydrogen-bond acceptors (Lipinski definition) is 5. The van der Waals surface area contributed by atoms with Gasteiger partial charge in [-0.2, -0.15) is 0 Å². The summed E-state index contributed by atoms with van der Waals surface area (Å²) in [6.07, 6.45) is 1.99.